The fraction of sp³-hybridized carbons (Fsp3) is 0.455. The average Bonchev–Trinajstić information content (AvgIpc) is 2.20. The Balaban J connectivity index is 2.79. The lowest BCUT2D eigenvalue weighted by atomic mass is 10.2. The lowest BCUT2D eigenvalue weighted by Crippen LogP contribution is -2.29. The summed E-state index contributed by atoms with van der Waals surface area (Å²) >= 11 is 0. The maximum atomic E-state index is 10.7. The molecule has 0 aromatic heterocycles. The van der Waals surface area contributed by atoms with Crippen LogP contribution in [0.15, 0.2) is 24.3 Å². The van der Waals surface area contributed by atoms with Crippen LogP contribution in [0, 0.1) is 6.92 Å². The molecule has 0 saturated carbocycles. The molecular formula is C11H17NO3S. The maximum Gasteiger partial charge on any atom is 0.266 e. The van der Waals surface area contributed by atoms with Gasteiger partial charge in [-0.1, -0.05) is 18.2 Å². The van der Waals surface area contributed by atoms with E-state index in [4.69, 9.17) is 4.55 Å². The number of anilines is 1. The second kappa shape index (κ2) is 5.32. The molecule has 0 heterocycles. The van der Waals surface area contributed by atoms with Crippen molar-refractivity contribution in [2.45, 2.75) is 13.8 Å². The molecule has 1 aromatic carbocycles. The fourth-order valence-electron chi connectivity index (χ4n) is 1.59. The van der Waals surface area contributed by atoms with E-state index in [-0.39, 0.29) is 5.75 Å². The van der Waals surface area contributed by atoms with Crippen molar-refractivity contribution in [3.8, 4) is 0 Å². The van der Waals surface area contributed by atoms with Gasteiger partial charge in [-0.25, -0.2) is 0 Å². The highest BCUT2D eigenvalue weighted by Crippen LogP contribution is 2.18. The molecule has 0 radical (unpaired) electrons. The van der Waals surface area contributed by atoms with Crippen molar-refractivity contribution in [3.05, 3.63) is 29.8 Å². The predicted molar refractivity (Wildman–Crippen MR) is 65.5 cm³/mol. The van der Waals surface area contributed by atoms with Gasteiger partial charge in [-0.05, 0) is 25.5 Å². The summed E-state index contributed by atoms with van der Waals surface area (Å²) in [4.78, 5) is 1.93. The minimum Gasteiger partial charge on any atom is -0.370 e. The Morgan fingerprint density at radius 3 is 2.44 bits per heavy atom. The van der Waals surface area contributed by atoms with E-state index in [0.717, 1.165) is 11.3 Å². The summed E-state index contributed by atoms with van der Waals surface area (Å²) in [7, 11) is -3.89. The SMILES string of the molecule is CCN(CCS(=O)(=O)O)c1ccccc1C. The molecule has 0 saturated heterocycles. The molecule has 0 fully saturated rings. The highest BCUT2D eigenvalue weighted by molar-refractivity contribution is 7.85. The molecule has 0 atom stereocenters. The van der Waals surface area contributed by atoms with E-state index >= 15 is 0 Å². The second-order valence-corrected chi connectivity index (χ2v) is 5.22. The molecule has 4 nitrogen and oxygen atoms in total. The summed E-state index contributed by atoms with van der Waals surface area (Å²) in [6.07, 6.45) is 0. The normalized spacial score (nSPS) is 11.4. The van der Waals surface area contributed by atoms with Crippen molar-refractivity contribution in [3.63, 3.8) is 0 Å². The van der Waals surface area contributed by atoms with Crippen molar-refractivity contribution in [1.82, 2.24) is 0 Å². The largest absolute Gasteiger partial charge is 0.370 e. The van der Waals surface area contributed by atoms with Crippen molar-refractivity contribution < 1.29 is 13.0 Å². The zero-order chi connectivity index (χ0) is 12.2. The Morgan fingerprint density at radius 2 is 1.94 bits per heavy atom. The van der Waals surface area contributed by atoms with Crippen LogP contribution < -0.4 is 4.90 Å². The van der Waals surface area contributed by atoms with Crippen LogP contribution >= 0.6 is 0 Å². The number of benzene rings is 1. The van der Waals surface area contributed by atoms with Gasteiger partial charge >= 0.3 is 0 Å². The number of hydrogen-bond acceptors (Lipinski definition) is 3. The Labute approximate surface area is 96.6 Å². The van der Waals surface area contributed by atoms with E-state index in [1.54, 1.807) is 0 Å². The topological polar surface area (TPSA) is 57.6 Å². The summed E-state index contributed by atoms with van der Waals surface area (Å²) in [6, 6.07) is 7.78. The van der Waals surface area contributed by atoms with E-state index in [1.165, 1.54) is 0 Å². The quantitative estimate of drug-likeness (QED) is 0.800. The van der Waals surface area contributed by atoms with Gasteiger partial charge in [-0.3, -0.25) is 4.55 Å². The van der Waals surface area contributed by atoms with E-state index in [2.05, 4.69) is 0 Å². The second-order valence-electron chi connectivity index (χ2n) is 3.65. The van der Waals surface area contributed by atoms with E-state index in [9.17, 15) is 8.42 Å². The van der Waals surface area contributed by atoms with Crippen LogP contribution in [-0.2, 0) is 10.1 Å². The molecule has 1 N–H and O–H groups in total. The maximum absolute atomic E-state index is 10.7. The number of hydrogen-bond donors (Lipinski definition) is 1. The molecule has 1 aromatic rings. The molecule has 0 aliphatic carbocycles. The first kappa shape index (κ1) is 13.0. The first-order valence-corrected chi connectivity index (χ1v) is 6.80. The Kier molecular flexibility index (Phi) is 4.32. The molecule has 0 aliphatic heterocycles. The van der Waals surface area contributed by atoms with Gasteiger partial charge in [0.2, 0.25) is 0 Å². The Hall–Kier alpha value is -1.07. The summed E-state index contributed by atoms with van der Waals surface area (Å²) in [5.74, 6) is -0.241. The van der Waals surface area contributed by atoms with Crippen molar-refractivity contribution in [2.75, 3.05) is 23.7 Å². The number of aryl methyl sites for hydroxylation is 1. The minimum atomic E-state index is -3.89. The average molecular weight is 243 g/mol. The summed E-state index contributed by atoms with van der Waals surface area (Å²) in [6.45, 7) is 4.95. The molecule has 0 amide bonds. The molecular weight excluding hydrogens is 226 g/mol. The third kappa shape index (κ3) is 3.83. The molecule has 5 heteroatoms. The zero-order valence-corrected chi connectivity index (χ0v) is 10.4. The van der Waals surface area contributed by atoms with Gasteiger partial charge in [0.05, 0.1) is 5.75 Å². The van der Waals surface area contributed by atoms with Crippen LogP contribution in [0.4, 0.5) is 5.69 Å². The predicted octanol–water partition coefficient (Wildman–Crippen LogP) is 1.71. The molecule has 1 rings (SSSR count). The van der Waals surface area contributed by atoms with Crippen LogP contribution in [0.1, 0.15) is 12.5 Å². The smallest absolute Gasteiger partial charge is 0.266 e. The first-order chi connectivity index (χ1) is 7.44. The van der Waals surface area contributed by atoms with Crippen molar-refractivity contribution in [1.29, 1.82) is 0 Å². The fourth-order valence-corrected chi connectivity index (χ4v) is 2.04. The third-order valence-corrected chi connectivity index (χ3v) is 3.16. The van der Waals surface area contributed by atoms with Gasteiger partial charge in [-0.2, -0.15) is 8.42 Å². The van der Waals surface area contributed by atoms with E-state index < -0.39 is 10.1 Å². The Morgan fingerprint density at radius 1 is 1.31 bits per heavy atom. The van der Waals surface area contributed by atoms with Gasteiger partial charge in [0, 0.05) is 18.8 Å². The highest BCUT2D eigenvalue weighted by atomic mass is 32.2. The first-order valence-electron chi connectivity index (χ1n) is 5.20. The van der Waals surface area contributed by atoms with Gasteiger partial charge in [-0.15, -0.1) is 0 Å². The summed E-state index contributed by atoms with van der Waals surface area (Å²) in [5, 5.41) is 0. The van der Waals surface area contributed by atoms with Gasteiger partial charge in [0.25, 0.3) is 10.1 Å². The number of rotatable bonds is 5. The van der Waals surface area contributed by atoms with E-state index in [0.29, 0.717) is 13.1 Å². The third-order valence-electron chi connectivity index (χ3n) is 2.46. The van der Waals surface area contributed by atoms with Crippen LogP contribution in [0.25, 0.3) is 0 Å². The lowest BCUT2D eigenvalue weighted by molar-refractivity contribution is 0.482. The lowest BCUT2D eigenvalue weighted by Gasteiger charge is -2.24. The van der Waals surface area contributed by atoms with Crippen molar-refractivity contribution in [2.24, 2.45) is 0 Å². The summed E-state index contributed by atoms with van der Waals surface area (Å²) in [5.41, 5.74) is 2.10. The van der Waals surface area contributed by atoms with Crippen LogP contribution in [0.3, 0.4) is 0 Å². The van der Waals surface area contributed by atoms with Crippen molar-refractivity contribution >= 4 is 15.8 Å². The standard InChI is InChI=1S/C11H17NO3S/c1-3-12(8-9-16(13,14)15)11-7-5-4-6-10(11)2/h4-7H,3,8-9H2,1-2H3,(H,13,14,15). The molecule has 0 aliphatic rings. The molecule has 0 spiro atoms. The zero-order valence-electron chi connectivity index (χ0n) is 9.55. The van der Waals surface area contributed by atoms with Crippen LogP contribution in [0.5, 0.6) is 0 Å². The molecule has 0 unspecified atom stereocenters. The van der Waals surface area contributed by atoms with E-state index in [1.807, 2.05) is 43.0 Å². The van der Waals surface area contributed by atoms with Crippen LogP contribution in [-0.4, -0.2) is 31.8 Å². The number of para-hydroxylation sites is 1. The minimum absolute atomic E-state index is 0.241. The van der Waals surface area contributed by atoms with Gasteiger partial charge < -0.3 is 4.90 Å². The summed E-state index contributed by atoms with van der Waals surface area (Å²) < 4.78 is 30.1. The monoisotopic (exact) mass is 243 g/mol. The van der Waals surface area contributed by atoms with Gasteiger partial charge in [0.15, 0.2) is 0 Å². The Bertz CT molecular complexity index is 442. The number of nitrogens with zero attached hydrogens (tertiary/aromatic N) is 1. The molecule has 16 heavy (non-hydrogen) atoms. The van der Waals surface area contributed by atoms with Gasteiger partial charge in [0.1, 0.15) is 0 Å². The highest BCUT2D eigenvalue weighted by Gasteiger charge is 2.11. The van der Waals surface area contributed by atoms with Crippen LogP contribution in [0.2, 0.25) is 0 Å². The molecule has 0 bridgehead atoms. The molecule has 90 valence electrons.